The van der Waals surface area contributed by atoms with E-state index in [9.17, 15) is 18.0 Å². The predicted octanol–water partition coefficient (Wildman–Crippen LogP) is 3.67. The van der Waals surface area contributed by atoms with Crippen LogP contribution in [0.25, 0.3) is 0 Å². The van der Waals surface area contributed by atoms with Crippen molar-refractivity contribution in [3.8, 4) is 0 Å². The maximum Gasteiger partial charge on any atom is 0.0441 e. The summed E-state index contributed by atoms with van der Waals surface area (Å²) in [6.07, 6.45) is 7.71. The zero-order valence-electron chi connectivity index (χ0n) is 16.5. The first-order chi connectivity index (χ1) is 13.0. The van der Waals surface area contributed by atoms with E-state index in [0.717, 1.165) is 16.4 Å². The van der Waals surface area contributed by atoms with Gasteiger partial charge in [-0.1, -0.05) is 0 Å². The van der Waals surface area contributed by atoms with Gasteiger partial charge in [-0.3, -0.25) is 8.99 Å². The van der Waals surface area contributed by atoms with Crippen molar-refractivity contribution in [2.24, 2.45) is 0 Å². The predicted molar refractivity (Wildman–Crippen MR) is 120 cm³/mol. The maximum absolute atomic E-state index is 10.8. The number of benzene rings is 1. The molecule has 0 saturated heterocycles. The standard InChI is InChI=1S/C10H11IO4.C4H9NOS.C4H8OS/c1-8(12)14-11(15-9(2)13)10-6-4-3-5-7-10;1-7(5,6)4-2-3-4;1-6(5)4-2-3-4/h3-7H,1-2H3;4-5H,2-3H2,1H3;4H,2-3H2,1H3. The van der Waals surface area contributed by atoms with E-state index < -0.39 is 53.1 Å². The number of carbonyl (C=O) groups excluding carboxylic acids is 2. The summed E-state index contributed by atoms with van der Waals surface area (Å²) in [7, 11) is -2.64. The van der Waals surface area contributed by atoms with Gasteiger partial charge in [-0.15, -0.1) is 0 Å². The second-order valence-electron chi connectivity index (χ2n) is 6.45. The first kappa shape index (κ1) is 25.0. The fraction of sp³-hybridized carbons (Fsp3) is 0.556. The van der Waals surface area contributed by atoms with Crippen molar-refractivity contribution in [2.75, 3.05) is 12.5 Å². The largest absolute Gasteiger partial charge is 0.260 e. The van der Waals surface area contributed by atoms with Crippen LogP contribution in [-0.2, 0) is 36.3 Å². The van der Waals surface area contributed by atoms with E-state index in [0.29, 0.717) is 5.25 Å². The van der Waals surface area contributed by atoms with Gasteiger partial charge in [0.15, 0.2) is 0 Å². The topological polar surface area (TPSA) is 111 Å². The van der Waals surface area contributed by atoms with Crippen LogP contribution < -0.4 is 0 Å². The van der Waals surface area contributed by atoms with E-state index in [2.05, 4.69) is 0 Å². The number of rotatable bonds is 5. The SMILES string of the molecule is CC(=O)OI(OC(C)=O)c1ccccc1.CS(=N)(=O)C1CC1.CS(=O)C1CC1. The molecule has 1 aromatic carbocycles. The van der Waals surface area contributed by atoms with E-state index >= 15 is 0 Å². The van der Waals surface area contributed by atoms with Crippen LogP contribution in [0.1, 0.15) is 39.5 Å². The molecule has 0 heterocycles. The van der Waals surface area contributed by atoms with E-state index in [1.54, 1.807) is 18.4 Å². The summed E-state index contributed by atoms with van der Waals surface area (Å²) in [4.78, 5) is 21.7. The van der Waals surface area contributed by atoms with E-state index in [4.69, 9.17) is 10.9 Å². The van der Waals surface area contributed by atoms with Gasteiger partial charge in [0.05, 0.1) is 0 Å². The Hall–Kier alpha value is -1.01. The molecule has 0 aliphatic heterocycles. The van der Waals surface area contributed by atoms with E-state index in [1.807, 2.05) is 18.2 Å². The fourth-order valence-electron chi connectivity index (χ4n) is 1.74. The zero-order valence-corrected chi connectivity index (χ0v) is 20.3. The number of carbonyl (C=O) groups is 2. The second kappa shape index (κ2) is 11.9. The Morgan fingerprint density at radius 2 is 1.54 bits per heavy atom. The molecular formula is C18H28INO6S2. The van der Waals surface area contributed by atoms with Crippen LogP contribution >= 0.6 is 20.6 Å². The average molecular weight is 545 g/mol. The number of halogens is 1. The molecule has 1 N–H and O–H groups in total. The molecule has 10 heteroatoms. The smallest absolute Gasteiger partial charge is 0.0441 e. The van der Waals surface area contributed by atoms with Gasteiger partial charge in [0.1, 0.15) is 0 Å². The summed E-state index contributed by atoms with van der Waals surface area (Å²) in [5, 5.41) is 0.817. The van der Waals surface area contributed by atoms with Crippen molar-refractivity contribution in [3.63, 3.8) is 0 Å². The van der Waals surface area contributed by atoms with Crippen LogP contribution in [0.2, 0.25) is 0 Å². The van der Waals surface area contributed by atoms with Crippen molar-refractivity contribution in [1.29, 1.82) is 4.78 Å². The maximum atomic E-state index is 10.8. The molecule has 2 aliphatic carbocycles. The summed E-state index contributed by atoms with van der Waals surface area (Å²) in [6, 6.07) is 9.05. The third-order valence-electron chi connectivity index (χ3n) is 3.42. The fourth-order valence-corrected chi connectivity index (χ4v) is 6.30. The monoisotopic (exact) mass is 545 g/mol. The number of hydrogen-bond donors (Lipinski definition) is 1. The summed E-state index contributed by atoms with van der Waals surface area (Å²) in [5.41, 5.74) is 0. The molecule has 2 aliphatic rings. The van der Waals surface area contributed by atoms with Gasteiger partial charge >= 0.3 is 96.1 Å². The zero-order chi connectivity index (χ0) is 21.3. The molecule has 2 fully saturated rings. The molecule has 0 spiro atoms. The minimum Gasteiger partial charge on any atom is -0.260 e. The molecule has 0 radical (unpaired) electrons. The molecule has 160 valence electrons. The Balaban J connectivity index is 0.000000246. The van der Waals surface area contributed by atoms with Gasteiger partial charge in [0, 0.05) is 43.5 Å². The number of hydrogen-bond acceptors (Lipinski definition) is 7. The first-order valence-electron chi connectivity index (χ1n) is 8.68. The third-order valence-corrected chi connectivity index (χ3v) is 10.4. The van der Waals surface area contributed by atoms with E-state index in [1.165, 1.54) is 32.9 Å². The third kappa shape index (κ3) is 11.7. The molecule has 2 unspecified atom stereocenters. The van der Waals surface area contributed by atoms with Crippen LogP contribution in [0.5, 0.6) is 0 Å². The molecule has 2 saturated carbocycles. The molecule has 1 aromatic rings. The van der Waals surface area contributed by atoms with Crippen molar-refractivity contribution < 1.29 is 24.1 Å². The van der Waals surface area contributed by atoms with Crippen LogP contribution in [0, 0.1) is 8.35 Å². The van der Waals surface area contributed by atoms with Gasteiger partial charge in [0.25, 0.3) is 0 Å². The Labute approximate surface area is 177 Å². The minimum atomic E-state index is -2.59. The molecule has 2 atom stereocenters. The van der Waals surface area contributed by atoms with Gasteiger partial charge in [-0.25, -0.2) is 4.21 Å². The van der Waals surface area contributed by atoms with Crippen LogP contribution in [0.15, 0.2) is 30.3 Å². The Morgan fingerprint density at radius 3 is 1.75 bits per heavy atom. The Morgan fingerprint density at radius 1 is 1.07 bits per heavy atom. The summed E-state index contributed by atoms with van der Waals surface area (Å²) < 4.78 is 38.7. The first-order valence-corrected chi connectivity index (χ1v) is 15.2. The van der Waals surface area contributed by atoms with Gasteiger partial charge in [-0.05, 0) is 25.7 Å². The van der Waals surface area contributed by atoms with Crippen LogP contribution in [0.3, 0.4) is 0 Å². The van der Waals surface area contributed by atoms with Crippen molar-refractivity contribution in [3.05, 3.63) is 33.9 Å². The molecule has 3 rings (SSSR count). The molecule has 0 bridgehead atoms. The van der Waals surface area contributed by atoms with Crippen molar-refractivity contribution >= 4 is 53.1 Å². The van der Waals surface area contributed by atoms with Crippen LogP contribution in [-0.4, -0.2) is 43.4 Å². The Bertz CT molecular complexity index is 761. The van der Waals surface area contributed by atoms with Crippen LogP contribution in [0.4, 0.5) is 0 Å². The quantitative estimate of drug-likeness (QED) is 0.566. The Kier molecular flexibility index (Phi) is 10.6. The molecular weight excluding hydrogens is 517 g/mol. The van der Waals surface area contributed by atoms with E-state index in [-0.39, 0.29) is 5.25 Å². The molecule has 28 heavy (non-hydrogen) atoms. The average Bonchev–Trinajstić information content (AvgIpc) is 3.47. The van der Waals surface area contributed by atoms with Crippen molar-refractivity contribution in [2.45, 2.75) is 50.0 Å². The molecule has 0 aromatic heterocycles. The molecule has 7 nitrogen and oxygen atoms in total. The normalized spacial score (nSPS) is 18.6. The minimum absolute atomic E-state index is 0.243. The molecule has 0 amide bonds. The summed E-state index contributed by atoms with van der Waals surface area (Å²) in [6.45, 7) is 2.60. The van der Waals surface area contributed by atoms with Gasteiger partial charge < -0.3 is 0 Å². The van der Waals surface area contributed by atoms with Crippen molar-refractivity contribution in [1.82, 2.24) is 0 Å². The summed E-state index contributed by atoms with van der Waals surface area (Å²) >= 11 is -2.59. The summed E-state index contributed by atoms with van der Waals surface area (Å²) in [5.74, 6) is -0.851. The number of nitrogens with one attached hydrogen (secondary N) is 1. The second-order valence-corrected chi connectivity index (χ2v) is 14.0. The van der Waals surface area contributed by atoms with Gasteiger partial charge in [0.2, 0.25) is 0 Å². The van der Waals surface area contributed by atoms with Gasteiger partial charge in [-0.2, -0.15) is 0 Å².